The van der Waals surface area contributed by atoms with Crippen molar-refractivity contribution in [2.75, 3.05) is 0 Å². The van der Waals surface area contributed by atoms with Crippen molar-refractivity contribution in [3.63, 3.8) is 0 Å². The first kappa shape index (κ1) is 14.1. The maximum Gasteiger partial charge on any atom is 0.290 e. The number of rotatable bonds is 2. The first-order valence-corrected chi connectivity index (χ1v) is 7.24. The lowest BCUT2D eigenvalue weighted by molar-refractivity contribution is -0.376. The van der Waals surface area contributed by atoms with Crippen LogP contribution in [-0.2, 0) is 4.79 Å². The van der Waals surface area contributed by atoms with Crippen LogP contribution in [0.4, 0.5) is 0 Å². The molecule has 116 valence electrons. The maximum absolute atomic E-state index is 12.9. The minimum atomic E-state index is -0.626. The number of ketones is 1. The Bertz CT molecular complexity index is 987. The van der Waals surface area contributed by atoms with Gasteiger partial charge in [-0.3, -0.25) is 19.7 Å². The van der Waals surface area contributed by atoms with Gasteiger partial charge in [-0.05, 0) is 11.6 Å². The molecule has 24 heavy (non-hydrogen) atoms. The van der Waals surface area contributed by atoms with Crippen LogP contribution in [0.25, 0.3) is 11.4 Å². The smallest absolute Gasteiger partial charge is 0.290 e. The van der Waals surface area contributed by atoms with Crippen molar-refractivity contribution in [2.24, 2.45) is 0 Å². The second-order valence-electron chi connectivity index (χ2n) is 5.43. The van der Waals surface area contributed by atoms with Gasteiger partial charge in [0.05, 0.1) is 21.8 Å². The van der Waals surface area contributed by atoms with Crippen molar-refractivity contribution >= 4 is 23.1 Å². The van der Waals surface area contributed by atoms with E-state index in [2.05, 4.69) is 5.32 Å². The third-order valence-electron chi connectivity index (χ3n) is 4.10. The monoisotopic (exact) mass is 318 g/mol. The Morgan fingerprint density at radius 2 is 1.46 bits per heavy atom. The van der Waals surface area contributed by atoms with Gasteiger partial charge in [-0.25, -0.2) is 0 Å². The number of carbonyl (C=O) groups is 2. The van der Waals surface area contributed by atoms with Crippen LogP contribution in [0, 0.1) is 10.1 Å². The fourth-order valence-corrected chi connectivity index (χ4v) is 3.10. The van der Waals surface area contributed by atoms with Crippen molar-refractivity contribution in [1.29, 1.82) is 0 Å². The van der Waals surface area contributed by atoms with Crippen LogP contribution >= 0.6 is 0 Å². The maximum atomic E-state index is 12.9. The zero-order chi connectivity index (χ0) is 16.8. The van der Waals surface area contributed by atoms with Crippen molar-refractivity contribution in [1.82, 2.24) is 5.32 Å². The standard InChI is InChI=1S/C18H10N2O4/c21-17-12-9-5-4-8-11(12)16(20(23)24)14-13(17)15(19-18(14)22)10-6-2-1-3-7-10/h1-9H,(H,19,22). The second kappa shape index (κ2) is 4.99. The quantitative estimate of drug-likeness (QED) is 0.680. The summed E-state index contributed by atoms with van der Waals surface area (Å²) in [5.41, 5.74) is 0.923. The van der Waals surface area contributed by atoms with Crippen LogP contribution in [0.5, 0.6) is 0 Å². The lowest BCUT2D eigenvalue weighted by Crippen LogP contribution is -2.22. The fourth-order valence-electron chi connectivity index (χ4n) is 3.10. The molecule has 1 aliphatic carbocycles. The van der Waals surface area contributed by atoms with E-state index in [1.165, 1.54) is 12.1 Å². The summed E-state index contributed by atoms with van der Waals surface area (Å²) >= 11 is 0. The molecule has 0 fully saturated rings. The summed E-state index contributed by atoms with van der Waals surface area (Å²) in [6, 6.07) is 15.1. The number of nitrogens with zero attached hydrogens (tertiary/aromatic N) is 1. The Kier molecular flexibility index (Phi) is 2.93. The summed E-state index contributed by atoms with van der Waals surface area (Å²) < 4.78 is 0. The number of benzene rings is 2. The van der Waals surface area contributed by atoms with E-state index < -0.39 is 10.8 Å². The van der Waals surface area contributed by atoms with Gasteiger partial charge in [0.1, 0.15) is 5.57 Å². The average Bonchev–Trinajstić information content (AvgIpc) is 2.93. The Labute approximate surface area is 136 Å². The Balaban J connectivity index is 2.10. The van der Waals surface area contributed by atoms with E-state index >= 15 is 0 Å². The van der Waals surface area contributed by atoms with Gasteiger partial charge in [-0.2, -0.15) is 0 Å². The van der Waals surface area contributed by atoms with E-state index in [4.69, 9.17) is 0 Å². The van der Waals surface area contributed by atoms with Gasteiger partial charge in [-0.15, -0.1) is 0 Å². The summed E-state index contributed by atoms with van der Waals surface area (Å²) in [5, 5.41) is 14.2. The molecule has 2 aromatic carbocycles. The molecule has 4 rings (SSSR count). The van der Waals surface area contributed by atoms with Crippen molar-refractivity contribution in [2.45, 2.75) is 0 Å². The first-order chi connectivity index (χ1) is 11.6. The molecule has 6 heteroatoms. The third kappa shape index (κ3) is 1.83. The van der Waals surface area contributed by atoms with Gasteiger partial charge < -0.3 is 5.32 Å². The minimum Gasteiger partial charge on any atom is -0.320 e. The zero-order valence-corrected chi connectivity index (χ0v) is 12.3. The predicted molar refractivity (Wildman–Crippen MR) is 86.2 cm³/mol. The summed E-state index contributed by atoms with van der Waals surface area (Å²) in [7, 11) is 0. The van der Waals surface area contributed by atoms with E-state index in [0.717, 1.165) is 0 Å². The molecule has 1 N–H and O–H groups in total. The molecule has 1 amide bonds. The minimum absolute atomic E-state index is 0.0663. The summed E-state index contributed by atoms with van der Waals surface area (Å²) in [6.45, 7) is 0. The van der Waals surface area contributed by atoms with Gasteiger partial charge in [-0.1, -0.05) is 48.5 Å². The molecule has 0 spiro atoms. The van der Waals surface area contributed by atoms with E-state index in [9.17, 15) is 19.7 Å². The van der Waals surface area contributed by atoms with Crippen molar-refractivity contribution in [3.8, 4) is 0 Å². The van der Waals surface area contributed by atoms with E-state index in [-0.39, 0.29) is 33.8 Å². The number of nitrogens with one attached hydrogen (secondary N) is 1. The van der Waals surface area contributed by atoms with Crippen LogP contribution in [0.15, 0.2) is 65.7 Å². The molecule has 2 aliphatic rings. The van der Waals surface area contributed by atoms with Crippen molar-refractivity contribution < 1.29 is 14.5 Å². The molecule has 6 nitrogen and oxygen atoms in total. The molecule has 0 aromatic heterocycles. The van der Waals surface area contributed by atoms with Crippen LogP contribution < -0.4 is 5.32 Å². The van der Waals surface area contributed by atoms with Crippen LogP contribution in [0.1, 0.15) is 21.5 Å². The highest BCUT2D eigenvalue weighted by molar-refractivity contribution is 6.32. The topological polar surface area (TPSA) is 89.3 Å². The van der Waals surface area contributed by atoms with Gasteiger partial charge in [0.25, 0.3) is 11.6 Å². The largest absolute Gasteiger partial charge is 0.320 e. The van der Waals surface area contributed by atoms with E-state index in [1.54, 1.807) is 36.4 Å². The Hall–Kier alpha value is -3.54. The van der Waals surface area contributed by atoms with Gasteiger partial charge in [0.15, 0.2) is 5.78 Å². The van der Waals surface area contributed by atoms with Gasteiger partial charge in [0.2, 0.25) is 0 Å². The fraction of sp³-hybridized carbons (Fsp3) is 0. The van der Waals surface area contributed by atoms with Gasteiger partial charge in [0, 0.05) is 5.56 Å². The number of nitro groups is 1. The van der Waals surface area contributed by atoms with Gasteiger partial charge >= 0.3 is 0 Å². The molecule has 1 heterocycles. The lowest BCUT2D eigenvalue weighted by Gasteiger charge is -2.15. The molecular formula is C18H10N2O4. The van der Waals surface area contributed by atoms with Crippen molar-refractivity contribution in [3.05, 3.63) is 92.5 Å². The molecule has 0 atom stereocenters. The molecular weight excluding hydrogens is 308 g/mol. The average molecular weight is 318 g/mol. The molecule has 0 unspecified atom stereocenters. The number of hydrogen-bond donors (Lipinski definition) is 1. The Morgan fingerprint density at radius 3 is 2.12 bits per heavy atom. The second-order valence-corrected chi connectivity index (χ2v) is 5.43. The molecule has 0 saturated heterocycles. The highest BCUT2D eigenvalue weighted by Gasteiger charge is 2.45. The van der Waals surface area contributed by atoms with Crippen LogP contribution in [0.2, 0.25) is 0 Å². The molecule has 0 saturated carbocycles. The van der Waals surface area contributed by atoms with Crippen LogP contribution in [-0.4, -0.2) is 16.6 Å². The lowest BCUT2D eigenvalue weighted by atomic mass is 9.84. The molecule has 1 aliphatic heterocycles. The highest BCUT2D eigenvalue weighted by Crippen LogP contribution is 2.41. The SMILES string of the molecule is O=C1NC(c2ccccc2)=C2C(=O)c3ccccc3C([N+](=O)[O-])=C12. The first-order valence-electron chi connectivity index (χ1n) is 7.24. The third-order valence-corrected chi connectivity index (χ3v) is 4.10. The number of hydrogen-bond acceptors (Lipinski definition) is 4. The summed E-state index contributed by atoms with van der Waals surface area (Å²) in [4.78, 5) is 36.3. The van der Waals surface area contributed by atoms with Crippen LogP contribution in [0.3, 0.4) is 0 Å². The van der Waals surface area contributed by atoms with E-state index in [0.29, 0.717) is 11.3 Å². The molecule has 0 bridgehead atoms. The zero-order valence-electron chi connectivity index (χ0n) is 12.3. The summed E-state index contributed by atoms with van der Waals surface area (Å²) in [5.74, 6) is -1.01. The molecule has 2 aromatic rings. The molecule has 0 radical (unpaired) electrons. The van der Waals surface area contributed by atoms with E-state index in [1.807, 2.05) is 6.07 Å². The number of fused-ring (bicyclic) bond motifs is 2. The number of amides is 1. The Morgan fingerprint density at radius 1 is 0.833 bits per heavy atom. The number of Topliss-reactive ketones (excluding diaryl/α,β-unsaturated/α-hetero) is 1. The number of carbonyl (C=O) groups excluding carboxylic acids is 2. The normalized spacial score (nSPS) is 16.0. The summed E-state index contributed by atoms with van der Waals surface area (Å²) in [6.07, 6.45) is 0. The highest BCUT2D eigenvalue weighted by atomic mass is 16.6. The predicted octanol–water partition coefficient (Wildman–Crippen LogP) is 2.41.